The zero-order valence-electron chi connectivity index (χ0n) is 15.0. The molecule has 0 aliphatic rings. The van der Waals surface area contributed by atoms with E-state index in [2.05, 4.69) is 52.6 Å². The molecule has 1 amide bonds. The fourth-order valence-corrected chi connectivity index (χ4v) is 2.71. The molecule has 26 heavy (non-hydrogen) atoms. The van der Waals surface area contributed by atoms with Gasteiger partial charge in [0.25, 0.3) is 5.91 Å². The highest BCUT2D eigenvalue weighted by molar-refractivity contribution is 5.92. The van der Waals surface area contributed by atoms with Crippen LogP contribution in [-0.2, 0) is 13.0 Å². The summed E-state index contributed by atoms with van der Waals surface area (Å²) in [6.07, 6.45) is 4.34. The van der Waals surface area contributed by atoms with Crippen LogP contribution in [0.1, 0.15) is 34.2 Å². The molecule has 2 aromatic heterocycles. The van der Waals surface area contributed by atoms with E-state index in [0.717, 1.165) is 23.5 Å². The van der Waals surface area contributed by atoms with Crippen molar-refractivity contribution in [2.45, 2.75) is 26.8 Å². The summed E-state index contributed by atoms with van der Waals surface area (Å²) in [5.74, 6) is -0.215. The molecular weight excluding hydrogens is 324 g/mol. The van der Waals surface area contributed by atoms with Crippen LogP contribution in [0.5, 0.6) is 0 Å². The zero-order valence-corrected chi connectivity index (χ0v) is 15.0. The molecular formula is C21H22N4O. The molecule has 0 bridgehead atoms. The van der Waals surface area contributed by atoms with Crippen molar-refractivity contribution in [1.82, 2.24) is 15.3 Å². The summed E-state index contributed by atoms with van der Waals surface area (Å²) in [5, 5.41) is 6.24. The van der Waals surface area contributed by atoms with E-state index < -0.39 is 0 Å². The number of anilines is 2. The first-order valence-corrected chi connectivity index (χ1v) is 8.67. The maximum atomic E-state index is 12.2. The average Bonchev–Trinajstić information content (AvgIpc) is 2.69. The normalized spacial score (nSPS) is 10.4. The molecule has 3 rings (SSSR count). The summed E-state index contributed by atoms with van der Waals surface area (Å²) < 4.78 is 0. The lowest BCUT2D eigenvalue weighted by Crippen LogP contribution is -2.24. The van der Waals surface area contributed by atoms with Gasteiger partial charge in [-0.25, -0.2) is 4.98 Å². The van der Waals surface area contributed by atoms with Gasteiger partial charge >= 0.3 is 0 Å². The quantitative estimate of drug-likeness (QED) is 0.707. The van der Waals surface area contributed by atoms with E-state index in [1.54, 1.807) is 18.5 Å². The molecule has 2 heterocycles. The lowest BCUT2D eigenvalue weighted by atomic mass is 10.1. The molecule has 1 aromatic carbocycles. The third-order valence-electron chi connectivity index (χ3n) is 4.16. The molecule has 5 heteroatoms. The number of aryl methyl sites for hydroxylation is 2. The molecule has 0 radical (unpaired) electrons. The van der Waals surface area contributed by atoms with Crippen LogP contribution in [0.15, 0.2) is 60.9 Å². The van der Waals surface area contributed by atoms with Crippen LogP contribution < -0.4 is 10.6 Å². The van der Waals surface area contributed by atoms with E-state index in [0.29, 0.717) is 12.2 Å². The number of carbonyl (C=O) groups excluding carboxylic acids is 1. The first-order chi connectivity index (χ1) is 12.7. The number of pyridine rings is 2. The molecule has 0 aliphatic heterocycles. The van der Waals surface area contributed by atoms with E-state index in [1.165, 1.54) is 11.1 Å². The number of nitrogens with zero attached hydrogens (tertiary/aromatic N) is 2. The Morgan fingerprint density at radius 3 is 2.62 bits per heavy atom. The first-order valence-electron chi connectivity index (χ1n) is 8.67. The predicted octanol–water partition coefficient (Wildman–Crippen LogP) is 4.02. The molecule has 5 nitrogen and oxygen atoms in total. The number of para-hydroxylation sites is 1. The number of hydrogen-bond acceptors (Lipinski definition) is 4. The summed E-state index contributed by atoms with van der Waals surface area (Å²) in [6.45, 7) is 4.59. The molecule has 3 aromatic rings. The van der Waals surface area contributed by atoms with Gasteiger partial charge in [0.1, 0.15) is 5.69 Å². The average molecular weight is 346 g/mol. The minimum atomic E-state index is -0.215. The lowest BCUT2D eigenvalue weighted by Gasteiger charge is -2.14. The monoisotopic (exact) mass is 346 g/mol. The Balaban J connectivity index is 1.66. The molecule has 0 saturated heterocycles. The van der Waals surface area contributed by atoms with Crippen LogP contribution in [-0.4, -0.2) is 15.9 Å². The molecule has 0 saturated carbocycles. The van der Waals surface area contributed by atoms with Crippen LogP contribution in [0.4, 0.5) is 11.4 Å². The Morgan fingerprint density at radius 1 is 1.04 bits per heavy atom. The molecule has 0 aliphatic carbocycles. The Kier molecular flexibility index (Phi) is 5.59. The van der Waals surface area contributed by atoms with Crippen molar-refractivity contribution >= 4 is 17.3 Å². The van der Waals surface area contributed by atoms with E-state index in [-0.39, 0.29) is 5.91 Å². The van der Waals surface area contributed by atoms with E-state index in [1.807, 2.05) is 24.3 Å². The number of hydrogen-bond donors (Lipinski definition) is 2. The van der Waals surface area contributed by atoms with Crippen molar-refractivity contribution in [2.24, 2.45) is 0 Å². The van der Waals surface area contributed by atoms with Gasteiger partial charge in [0.05, 0.1) is 24.1 Å². The summed E-state index contributed by atoms with van der Waals surface area (Å²) in [6, 6.07) is 15.5. The fourth-order valence-electron chi connectivity index (χ4n) is 2.71. The third kappa shape index (κ3) is 4.25. The molecule has 0 atom stereocenters. The minimum Gasteiger partial charge on any atom is -0.354 e. The minimum absolute atomic E-state index is 0.215. The van der Waals surface area contributed by atoms with Gasteiger partial charge in [0.2, 0.25) is 0 Å². The number of benzene rings is 1. The molecule has 0 spiro atoms. The lowest BCUT2D eigenvalue weighted by molar-refractivity contribution is 0.0945. The van der Waals surface area contributed by atoms with Gasteiger partial charge < -0.3 is 10.6 Å². The number of aromatic nitrogens is 2. The number of rotatable bonds is 6. The Hall–Kier alpha value is -3.21. The Bertz CT molecular complexity index is 876. The fraction of sp³-hybridized carbons (Fsp3) is 0.190. The Labute approximate surface area is 153 Å². The summed E-state index contributed by atoms with van der Waals surface area (Å²) in [5.41, 5.74) is 5.58. The smallest absolute Gasteiger partial charge is 0.270 e. The highest BCUT2D eigenvalue weighted by atomic mass is 16.1. The molecule has 2 N–H and O–H groups in total. The van der Waals surface area contributed by atoms with Gasteiger partial charge in [-0.2, -0.15) is 0 Å². The SMILES string of the molecule is CCc1cccc(C)c1Nc1ccc(C(=O)NCc2ccccn2)nc1. The largest absolute Gasteiger partial charge is 0.354 e. The second-order valence-electron chi connectivity index (χ2n) is 6.02. The Morgan fingerprint density at radius 2 is 1.92 bits per heavy atom. The van der Waals surface area contributed by atoms with Crippen LogP contribution in [0.3, 0.4) is 0 Å². The third-order valence-corrected chi connectivity index (χ3v) is 4.16. The molecule has 132 valence electrons. The number of nitrogens with one attached hydrogen (secondary N) is 2. The molecule has 0 fully saturated rings. The van der Waals surface area contributed by atoms with Crippen LogP contribution >= 0.6 is 0 Å². The maximum Gasteiger partial charge on any atom is 0.270 e. The number of carbonyl (C=O) groups is 1. The highest BCUT2D eigenvalue weighted by Gasteiger charge is 2.09. The second-order valence-corrected chi connectivity index (χ2v) is 6.02. The van der Waals surface area contributed by atoms with Crippen molar-refractivity contribution in [3.8, 4) is 0 Å². The summed E-state index contributed by atoms with van der Waals surface area (Å²) in [7, 11) is 0. The van der Waals surface area contributed by atoms with Crippen molar-refractivity contribution in [3.05, 3.63) is 83.4 Å². The van der Waals surface area contributed by atoms with Gasteiger partial charge in [-0.3, -0.25) is 9.78 Å². The predicted molar refractivity (Wildman–Crippen MR) is 103 cm³/mol. The summed E-state index contributed by atoms with van der Waals surface area (Å²) >= 11 is 0. The first kappa shape index (κ1) is 17.6. The van der Waals surface area contributed by atoms with E-state index >= 15 is 0 Å². The maximum absolute atomic E-state index is 12.2. The zero-order chi connectivity index (χ0) is 18.4. The van der Waals surface area contributed by atoms with Gasteiger partial charge in [-0.05, 0) is 48.7 Å². The number of amides is 1. The van der Waals surface area contributed by atoms with Gasteiger partial charge in [-0.1, -0.05) is 31.2 Å². The van der Waals surface area contributed by atoms with Crippen molar-refractivity contribution in [2.75, 3.05) is 5.32 Å². The van der Waals surface area contributed by atoms with Crippen LogP contribution in [0.2, 0.25) is 0 Å². The van der Waals surface area contributed by atoms with Crippen molar-refractivity contribution in [1.29, 1.82) is 0 Å². The molecule has 0 unspecified atom stereocenters. The second kappa shape index (κ2) is 8.25. The van der Waals surface area contributed by atoms with Crippen molar-refractivity contribution in [3.63, 3.8) is 0 Å². The topological polar surface area (TPSA) is 66.9 Å². The highest BCUT2D eigenvalue weighted by Crippen LogP contribution is 2.25. The van der Waals surface area contributed by atoms with E-state index in [9.17, 15) is 4.79 Å². The van der Waals surface area contributed by atoms with Gasteiger partial charge in [0, 0.05) is 11.9 Å². The van der Waals surface area contributed by atoms with Gasteiger partial charge in [-0.15, -0.1) is 0 Å². The van der Waals surface area contributed by atoms with Crippen LogP contribution in [0, 0.1) is 6.92 Å². The standard InChI is InChI=1S/C21H22N4O/c1-3-16-8-6-7-15(2)20(16)25-18-10-11-19(23-14-18)21(26)24-13-17-9-4-5-12-22-17/h4-12,14,25H,3,13H2,1-2H3,(H,24,26). The van der Waals surface area contributed by atoms with Crippen molar-refractivity contribution < 1.29 is 4.79 Å². The summed E-state index contributed by atoms with van der Waals surface area (Å²) in [4.78, 5) is 20.7. The van der Waals surface area contributed by atoms with E-state index in [4.69, 9.17) is 0 Å². The van der Waals surface area contributed by atoms with Crippen LogP contribution in [0.25, 0.3) is 0 Å². The van der Waals surface area contributed by atoms with Gasteiger partial charge in [0.15, 0.2) is 0 Å².